The number of nitrogens with one attached hydrogen (secondary N) is 1. The van der Waals surface area contributed by atoms with Crippen LogP contribution >= 0.6 is 0 Å². The number of ether oxygens (including phenoxy) is 1. The number of alkyl halides is 3. The summed E-state index contributed by atoms with van der Waals surface area (Å²) >= 11 is 0. The minimum Gasteiger partial charge on any atom is -0.468 e. The summed E-state index contributed by atoms with van der Waals surface area (Å²) in [7, 11) is 3.04. The second-order valence-corrected chi connectivity index (χ2v) is 6.53. The Morgan fingerprint density at radius 3 is 2.45 bits per heavy atom. The molecule has 0 saturated carbocycles. The predicted octanol–water partition coefficient (Wildman–Crippen LogP) is 1.15. The zero-order valence-electron chi connectivity index (χ0n) is 16.0. The van der Waals surface area contributed by atoms with Gasteiger partial charge in [0.2, 0.25) is 11.8 Å². The number of hydrogen-bond donors (Lipinski definition) is 1. The van der Waals surface area contributed by atoms with Crippen molar-refractivity contribution in [3.63, 3.8) is 0 Å². The molecule has 1 atom stereocenters. The molecule has 0 aromatic heterocycles. The predicted molar refractivity (Wildman–Crippen MR) is 98.5 cm³/mol. The molecule has 10 heteroatoms. The van der Waals surface area contributed by atoms with Crippen molar-refractivity contribution in [1.82, 2.24) is 15.1 Å². The fourth-order valence-corrected chi connectivity index (χ4v) is 2.78. The maximum Gasteiger partial charge on any atom is 0.416 e. The van der Waals surface area contributed by atoms with Crippen molar-refractivity contribution in [2.75, 3.05) is 40.3 Å². The van der Waals surface area contributed by atoms with Gasteiger partial charge in [-0.3, -0.25) is 19.3 Å². The summed E-state index contributed by atoms with van der Waals surface area (Å²) in [4.78, 5) is 39.2. The van der Waals surface area contributed by atoms with E-state index in [1.165, 1.54) is 30.2 Å². The Bertz CT molecular complexity index is 778. The zero-order chi connectivity index (χ0) is 21.6. The lowest BCUT2D eigenvalue weighted by Crippen LogP contribution is -2.57. The minimum atomic E-state index is -4.42. The molecule has 0 aliphatic carbocycles. The molecule has 7 nitrogen and oxygen atoms in total. The molecule has 1 aliphatic rings. The van der Waals surface area contributed by atoms with E-state index < -0.39 is 29.7 Å². The summed E-state index contributed by atoms with van der Waals surface area (Å²) in [6.07, 6.45) is -1.93. The van der Waals surface area contributed by atoms with E-state index in [2.05, 4.69) is 5.32 Å². The van der Waals surface area contributed by atoms with Gasteiger partial charge < -0.3 is 15.0 Å². The molecule has 1 fully saturated rings. The van der Waals surface area contributed by atoms with E-state index in [4.69, 9.17) is 4.74 Å². The minimum absolute atomic E-state index is 0.166. The van der Waals surface area contributed by atoms with Gasteiger partial charge in [0.15, 0.2) is 0 Å². The summed E-state index contributed by atoms with van der Waals surface area (Å²) in [5.74, 6) is -1.34. The summed E-state index contributed by atoms with van der Waals surface area (Å²) in [6.45, 7) is 0.820. The Labute approximate surface area is 166 Å². The van der Waals surface area contributed by atoms with Crippen LogP contribution in [0.15, 0.2) is 30.3 Å². The van der Waals surface area contributed by atoms with E-state index in [0.29, 0.717) is 18.7 Å². The van der Waals surface area contributed by atoms with Crippen molar-refractivity contribution in [2.45, 2.75) is 12.2 Å². The van der Waals surface area contributed by atoms with Crippen LogP contribution in [0.2, 0.25) is 0 Å². The number of likely N-dealkylation sites (N-methyl/N-ethyl adjacent to an activating group) is 1. The molecule has 0 unspecified atom stereocenters. The normalized spacial score (nSPS) is 18.0. The monoisotopic (exact) mass is 413 g/mol. The third-order valence-electron chi connectivity index (χ3n) is 4.55. The highest BCUT2D eigenvalue weighted by Gasteiger charge is 2.33. The molecular formula is C19H22F3N3O4. The van der Waals surface area contributed by atoms with Gasteiger partial charge in [0.05, 0.1) is 19.2 Å². The third kappa shape index (κ3) is 6.31. The van der Waals surface area contributed by atoms with Crippen molar-refractivity contribution in [2.24, 2.45) is 0 Å². The molecular weight excluding hydrogens is 391 g/mol. The number of benzene rings is 1. The van der Waals surface area contributed by atoms with Crippen molar-refractivity contribution in [3.8, 4) is 0 Å². The average Bonchev–Trinajstić information content (AvgIpc) is 2.69. The first-order chi connectivity index (χ1) is 13.6. The van der Waals surface area contributed by atoms with Crippen LogP contribution < -0.4 is 5.32 Å². The Morgan fingerprint density at radius 1 is 1.21 bits per heavy atom. The van der Waals surface area contributed by atoms with Gasteiger partial charge in [-0.2, -0.15) is 13.2 Å². The number of esters is 1. The van der Waals surface area contributed by atoms with Crippen LogP contribution in [0, 0.1) is 0 Å². The Balaban J connectivity index is 1.84. The average molecular weight is 413 g/mol. The lowest BCUT2D eigenvalue weighted by atomic mass is 10.1. The molecule has 0 bridgehead atoms. The zero-order valence-corrected chi connectivity index (χ0v) is 16.0. The Morgan fingerprint density at radius 2 is 1.86 bits per heavy atom. The van der Waals surface area contributed by atoms with E-state index in [0.717, 1.165) is 18.2 Å². The number of hydrogen-bond acceptors (Lipinski definition) is 5. The van der Waals surface area contributed by atoms with E-state index in [9.17, 15) is 27.6 Å². The molecule has 0 radical (unpaired) electrons. The van der Waals surface area contributed by atoms with Gasteiger partial charge in [-0.1, -0.05) is 12.1 Å². The molecule has 0 spiro atoms. The number of nitrogens with zero attached hydrogens (tertiary/aromatic N) is 2. The first-order valence-electron chi connectivity index (χ1n) is 8.81. The van der Waals surface area contributed by atoms with E-state index in [1.54, 1.807) is 11.9 Å². The van der Waals surface area contributed by atoms with Crippen LogP contribution in [-0.4, -0.2) is 74.0 Å². The molecule has 1 heterocycles. The number of amides is 2. The van der Waals surface area contributed by atoms with Crippen LogP contribution in [0.3, 0.4) is 0 Å². The number of halogens is 3. The molecule has 158 valence electrons. The SMILES string of the molecule is COC(=O)[C@H]1CN(C(=O)CNC(=O)/C=C/c2ccc(C(F)(F)F)cc2)CCN1C. The lowest BCUT2D eigenvalue weighted by molar-refractivity contribution is -0.151. The summed E-state index contributed by atoms with van der Waals surface area (Å²) in [5, 5.41) is 2.43. The number of rotatable bonds is 5. The van der Waals surface area contributed by atoms with E-state index >= 15 is 0 Å². The molecule has 2 rings (SSSR count). The molecule has 1 aromatic rings. The standard InChI is InChI=1S/C19H22F3N3O4/c1-24-9-10-25(12-15(24)18(28)29-2)17(27)11-23-16(26)8-5-13-3-6-14(7-4-13)19(20,21)22/h3-8,15H,9-12H2,1-2H3,(H,23,26)/b8-5+/t15-/m1/s1. The lowest BCUT2D eigenvalue weighted by Gasteiger charge is -2.37. The quantitative estimate of drug-likeness (QED) is 0.579. The first kappa shape index (κ1) is 22.4. The maximum atomic E-state index is 12.5. The second-order valence-electron chi connectivity index (χ2n) is 6.53. The number of carbonyl (C=O) groups excluding carboxylic acids is 3. The summed E-state index contributed by atoms with van der Waals surface area (Å²) < 4.78 is 42.3. The Hall–Kier alpha value is -2.88. The number of piperazine rings is 1. The highest BCUT2D eigenvalue weighted by atomic mass is 19.4. The molecule has 29 heavy (non-hydrogen) atoms. The van der Waals surface area contributed by atoms with E-state index in [-0.39, 0.29) is 19.0 Å². The summed E-state index contributed by atoms with van der Waals surface area (Å²) in [5.41, 5.74) is -0.360. The fourth-order valence-electron chi connectivity index (χ4n) is 2.78. The molecule has 1 aliphatic heterocycles. The van der Waals surface area contributed by atoms with Gasteiger partial charge in [0.1, 0.15) is 6.04 Å². The van der Waals surface area contributed by atoms with Gasteiger partial charge in [-0.25, -0.2) is 0 Å². The van der Waals surface area contributed by atoms with Crippen LogP contribution in [0.4, 0.5) is 13.2 Å². The molecule has 1 aromatic carbocycles. The van der Waals surface area contributed by atoms with Gasteiger partial charge >= 0.3 is 12.1 Å². The van der Waals surface area contributed by atoms with E-state index in [1.807, 2.05) is 0 Å². The number of carbonyl (C=O) groups is 3. The largest absolute Gasteiger partial charge is 0.468 e. The van der Waals surface area contributed by atoms with Crippen molar-refractivity contribution < 1.29 is 32.3 Å². The van der Waals surface area contributed by atoms with Crippen LogP contribution in [0.25, 0.3) is 6.08 Å². The maximum absolute atomic E-state index is 12.5. The molecule has 2 amide bonds. The van der Waals surface area contributed by atoms with Crippen molar-refractivity contribution in [1.29, 1.82) is 0 Å². The van der Waals surface area contributed by atoms with Gasteiger partial charge in [0, 0.05) is 25.7 Å². The fraction of sp³-hybridized carbons (Fsp3) is 0.421. The van der Waals surface area contributed by atoms with Crippen LogP contribution in [0.1, 0.15) is 11.1 Å². The van der Waals surface area contributed by atoms with Gasteiger partial charge in [0.25, 0.3) is 0 Å². The third-order valence-corrected chi connectivity index (χ3v) is 4.55. The van der Waals surface area contributed by atoms with Gasteiger partial charge in [-0.05, 0) is 30.8 Å². The van der Waals surface area contributed by atoms with Crippen molar-refractivity contribution >= 4 is 23.9 Å². The smallest absolute Gasteiger partial charge is 0.416 e. The highest BCUT2D eigenvalue weighted by molar-refractivity contribution is 5.94. The first-order valence-corrected chi connectivity index (χ1v) is 8.81. The van der Waals surface area contributed by atoms with Gasteiger partial charge in [-0.15, -0.1) is 0 Å². The van der Waals surface area contributed by atoms with Crippen molar-refractivity contribution in [3.05, 3.63) is 41.5 Å². The topological polar surface area (TPSA) is 79.0 Å². The van der Waals surface area contributed by atoms with Crippen LogP contribution in [-0.2, 0) is 25.3 Å². The summed E-state index contributed by atoms with van der Waals surface area (Å²) in [6, 6.07) is 3.77. The Kier molecular flexibility index (Phi) is 7.38. The van der Waals surface area contributed by atoms with Crippen LogP contribution in [0.5, 0.6) is 0 Å². The number of methoxy groups -OCH3 is 1. The second kappa shape index (κ2) is 9.55. The molecule has 1 saturated heterocycles. The highest BCUT2D eigenvalue weighted by Crippen LogP contribution is 2.29. The molecule has 1 N–H and O–H groups in total.